The molecule has 0 radical (unpaired) electrons. The monoisotopic (exact) mass is 428 g/mol. The van der Waals surface area contributed by atoms with Crippen molar-refractivity contribution in [3.05, 3.63) is 70.8 Å². The molecule has 31 heavy (non-hydrogen) atoms. The van der Waals surface area contributed by atoms with Gasteiger partial charge >= 0.3 is 31.0 Å². The number of aromatic carboxylic acids is 1. The first-order valence-electron chi connectivity index (χ1n) is 9.69. The van der Waals surface area contributed by atoms with Crippen LogP contribution in [-0.4, -0.2) is 53.3 Å². The van der Waals surface area contributed by atoms with Gasteiger partial charge in [0.25, 0.3) is 0 Å². The Labute approximate surface area is 190 Å². The number of carbonyl (C=O) groups excluding carboxylic acids is 1. The van der Waals surface area contributed by atoms with Gasteiger partial charge in [-0.2, -0.15) is 13.2 Å². The van der Waals surface area contributed by atoms with Gasteiger partial charge in [-0.05, 0) is 55.6 Å². The SMILES string of the molecule is C[C@H](NC(=O)[C@H]1CCCN1Cc1cccc(C(F)(F)F)c1)c1ccc(C(=O)O)cc1.[LiH]. The third-order valence-corrected chi connectivity index (χ3v) is 5.32. The zero-order valence-electron chi connectivity index (χ0n) is 16.4. The number of nitrogens with zero attached hydrogens (tertiary/aromatic N) is 1. The van der Waals surface area contributed by atoms with Crippen molar-refractivity contribution < 1.29 is 27.9 Å². The zero-order chi connectivity index (χ0) is 21.9. The molecule has 1 heterocycles. The summed E-state index contributed by atoms with van der Waals surface area (Å²) < 4.78 is 38.8. The van der Waals surface area contributed by atoms with Crippen LogP contribution < -0.4 is 5.32 Å². The van der Waals surface area contributed by atoms with E-state index in [4.69, 9.17) is 5.11 Å². The molecule has 0 saturated carbocycles. The number of nitrogens with one attached hydrogen (secondary N) is 1. The summed E-state index contributed by atoms with van der Waals surface area (Å²) in [4.78, 5) is 25.7. The van der Waals surface area contributed by atoms with Gasteiger partial charge in [-0.3, -0.25) is 9.69 Å². The third kappa shape index (κ3) is 6.36. The minimum atomic E-state index is -4.40. The maximum atomic E-state index is 12.9. The molecule has 0 aromatic heterocycles. The molecule has 1 saturated heterocycles. The fraction of sp³-hybridized carbons (Fsp3) is 0.364. The van der Waals surface area contributed by atoms with Crippen LogP contribution in [0.2, 0.25) is 0 Å². The number of amides is 1. The Morgan fingerprint density at radius 1 is 1.19 bits per heavy atom. The molecule has 2 N–H and O–H groups in total. The molecule has 162 valence electrons. The van der Waals surface area contributed by atoms with Gasteiger partial charge in [-0.1, -0.05) is 30.3 Å². The van der Waals surface area contributed by atoms with Crippen LogP contribution in [0.4, 0.5) is 13.2 Å². The van der Waals surface area contributed by atoms with Gasteiger partial charge < -0.3 is 10.4 Å². The average Bonchev–Trinajstić information content (AvgIpc) is 3.15. The van der Waals surface area contributed by atoms with Crippen molar-refractivity contribution in [2.75, 3.05) is 6.54 Å². The first-order valence-corrected chi connectivity index (χ1v) is 9.69. The molecule has 1 fully saturated rings. The van der Waals surface area contributed by atoms with Gasteiger partial charge in [0.1, 0.15) is 0 Å². The number of alkyl halides is 3. The normalized spacial score (nSPS) is 17.6. The molecule has 0 bridgehead atoms. The van der Waals surface area contributed by atoms with E-state index in [-0.39, 0.29) is 42.9 Å². The van der Waals surface area contributed by atoms with E-state index in [1.807, 2.05) is 4.90 Å². The van der Waals surface area contributed by atoms with E-state index in [1.165, 1.54) is 18.2 Å². The summed E-state index contributed by atoms with van der Waals surface area (Å²) >= 11 is 0. The second-order valence-corrected chi connectivity index (χ2v) is 7.48. The van der Waals surface area contributed by atoms with E-state index < -0.39 is 23.8 Å². The predicted molar refractivity (Wildman–Crippen MR) is 112 cm³/mol. The fourth-order valence-electron chi connectivity index (χ4n) is 3.70. The summed E-state index contributed by atoms with van der Waals surface area (Å²) in [6.45, 7) is 2.71. The quantitative estimate of drug-likeness (QED) is 0.690. The molecular formula is C22H24F3LiN2O3. The summed E-state index contributed by atoms with van der Waals surface area (Å²) in [7, 11) is 0. The van der Waals surface area contributed by atoms with Gasteiger partial charge in [0.2, 0.25) is 5.91 Å². The van der Waals surface area contributed by atoms with Crippen molar-refractivity contribution in [1.82, 2.24) is 10.2 Å². The van der Waals surface area contributed by atoms with E-state index in [0.29, 0.717) is 18.5 Å². The second-order valence-electron chi connectivity index (χ2n) is 7.48. The number of carboxylic acids is 1. The number of halogens is 3. The number of rotatable bonds is 6. The van der Waals surface area contributed by atoms with Crippen LogP contribution in [-0.2, 0) is 17.5 Å². The van der Waals surface area contributed by atoms with Crippen LogP contribution in [0.5, 0.6) is 0 Å². The molecule has 9 heteroatoms. The van der Waals surface area contributed by atoms with E-state index in [9.17, 15) is 22.8 Å². The maximum absolute atomic E-state index is 12.9. The molecular weight excluding hydrogens is 404 g/mol. The van der Waals surface area contributed by atoms with E-state index >= 15 is 0 Å². The van der Waals surface area contributed by atoms with Crippen LogP contribution in [0.15, 0.2) is 48.5 Å². The standard InChI is InChI=1S/C22H23F3N2O3.Li.H/c1-14(16-7-9-17(10-8-16)21(29)30)26-20(28)19-6-3-11-27(19)13-15-4-2-5-18(12-15)22(23,24)25;;/h2,4-5,7-10,12,14,19H,3,6,11,13H2,1H3,(H,26,28)(H,29,30);;/t14-,19+;;/m0../s1. The van der Waals surface area contributed by atoms with Gasteiger partial charge in [-0.15, -0.1) is 0 Å². The molecule has 0 unspecified atom stereocenters. The minimum absolute atomic E-state index is 0. The van der Waals surface area contributed by atoms with E-state index in [0.717, 1.165) is 24.1 Å². The van der Waals surface area contributed by atoms with Gasteiger partial charge in [0, 0.05) is 6.54 Å². The van der Waals surface area contributed by atoms with Gasteiger partial charge in [0.05, 0.1) is 23.2 Å². The Morgan fingerprint density at radius 2 is 1.87 bits per heavy atom. The Morgan fingerprint density at radius 3 is 2.48 bits per heavy atom. The van der Waals surface area contributed by atoms with Crippen LogP contribution in [0, 0.1) is 0 Å². The Kier molecular flexibility index (Phi) is 8.35. The van der Waals surface area contributed by atoms with E-state index in [2.05, 4.69) is 5.32 Å². The Hall–Kier alpha value is -2.27. The number of carboxylic acid groups (broad SMARTS) is 1. The average molecular weight is 428 g/mol. The number of carbonyl (C=O) groups is 2. The number of hydrogen-bond acceptors (Lipinski definition) is 3. The molecule has 2 aromatic carbocycles. The molecule has 1 aliphatic heterocycles. The van der Waals surface area contributed by atoms with Crippen LogP contribution in [0.1, 0.15) is 52.9 Å². The zero-order valence-corrected chi connectivity index (χ0v) is 16.4. The van der Waals surface area contributed by atoms with Crippen LogP contribution >= 0.6 is 0 Å². The van der Waals surface area contributed by atoms with Crippen molar-refractivity contribution >= 4 is 30.7 Å². The first kappa shape index (κ1) is 25.0. The van der Waals surface area contributed by atoms with Gasteiger partial charge in [0.15, 0.2) is 0 Å². The fourth-order valence-corrected chi connectivity index (χ4v) is 3.70. The van der Waals surface area contributed by atoms with E-state index in [1.54, 1.807) is 25.1 Å². The number of benzene rings is 2. The van der Waals surface area contributed by atoms with Crippen LogP contribution in [0.25, 0.3) is 0 Å². The van der Waals surface area contributed by atoms with Crippen molar-refractivity contribution in [3.8, 4) is 0 Å². The topological polar surface area (TPSA) is 69.6 Å². The Bertz CT molecular complexity index is 919. The van der Waals surface area contributed by atoms with Gasteiger partial charge in [-0.25, -0.2) is 4.79 Å². The molecule has 5 nitrogen and oxygen atoms in total. The number of hydrogen-bond donors (Lipinski definition) is 2. The third-order valence-electron chi connectivity index (χ3n) is 5.32. The summed E-state index contributed by atoms with van der Waals surface area (Å²) in [5, 5.41) is 11.9. The summed E-state index contributed by atoms with van der Waals surface area (Å²) in [5.41, 5.74) is 0.761. The molecule has 2 atom stereocenters. The predicted octanol–water partition coefficient (Wildman–Crippen LogP) is 3.60. The van der Waals surface area contributed by atoms with Crippen molar-refractivity contribution in [3.63, 3.8) is 0 Å². The summed E-state index contributed by atoms with van der Waals surface area (Å²) in [5.74, 6) is -1.20. The van der Waals surface area contributed by atoms with Crippen molar-refractivity contribution in [2.45, 2.75) is 44.6 Å². The molecule has 3 rings (SSSR count). The van der Waals surface area contributed by atoms with Crippen molar-refractivity contribution in [2.24, 2.45) is 0 Å². The summed E-state index contributed by atoms with van der Waals surface area (Å²) in [6.07, 6.45) is -2.97. The molecule has 2 aromatic rings. The second kappa shape index (κ2) is 10.4. The van der Waals surface area contributed by atoms with Crippen LogP contribution in [0.3, 0.4) is 0 Å². The molecule has 0 aliphatic carbocycles. The first-order chi connectivity index (χ1) is 14.1. The molecule has 1 amide bonds. The summed E-state index contributed by atoms with van der Waals surface area (Å²) in [6, 6.07) is 10.7. The number of likely N-dealkylation sites (tertiary alicyclic amines) is 1. The molecule has 0 spiro atoms. The Balaban J connectivity index is 0.00000341. The molecule has 1 aliphatic rings. The van der Waals surface area contributed by atoms with Crippen molar-refractivity contribution in [1.29, 1.82) is 0 Å².